The summed E-state index contributed by atoms with van der Waals surface area (Å²) in [4.78, 5) is 15.6. The summed E-state index contributed by atoms with van der Waals surface area (Å²) in [7, 11) is 0. The number of hydrogen-bond acceptors (Lipinski definition) is 8. The van der Waals surface area contributed by atoms with E-state index >= 15 is 0 Å². The zero-order valence-electron chi connectivity index (χ0n) is 19.4. The first-order valence-corrected chi connectivity index (χ1v) is 12.3. The van der Waals surface area contributed by atoms with E-state index in [2.05, 4.69) is 68.4 Å². The van der Waals surface area contributed by atoms with Gasteiger partial charge in [-0.15, -0.1) is 0 Å². The molecular weight excluding hydrogens is 482 g/mol. The highest BCUT2D eigenvalue weighted by Gasteiger charge is 2.45. The first-order valence-electron chi connectivity index (χ1n) is 11.9. The Hall–Kier alpha value is -3.08. The van der Waals surface area contributed by atoms with E-state index in [-0.39, 0.29) is 10.7 Å². The molecule has 0 radical (unpaired) electrons. The van der Waals surface area contributed by atoms with Crippen LogP contribution in [0.2, 0.25) is 5.28 Å². The number of anilines is 1. The van der Waals surface area contributed by atoms with Crippen LogP contribution in [0.3, 0.4) is 0 Å². The van der Waals surface area contributed by atoms with Crippen LogP contribution in [0.25, 0.3) is 11.2 Å². The average Bonchev–Trinajstić information content (AvgIpc) is 3.62. The molecule has 10 heteroatoms. The number of hydrogen-bond donors (Lipinski definition) is 3. The van der Waals surface area contributed by atoms with Crippen LogP contribution in [0.5, 0.6) is 0 Å². The van der Waals surface area contributed by atoms with E-state index < -0.39 is 31.1 Å². The topological polar surface area (TPSA) is 117 Å². The SMILES string of the molecule is OC[C@H]1O[C@@H](n2cnc3c(N4CCC(c5ccccc5)(c5ccccc5)C4)nc(Cl)nc32)C(O)C1O. The van der Waals surface area contributed by atoms with Gasteiger partial charge in [0.2, 0.25) is 5.28 Å². The lowest BCUT2D eigenvalue weighted by molar-refractivity contribution is -0.0511. The Morgan fingerprint density at radius 3 is 2.25 bits per heavy atom. The van der Waals surface area contributed by atoms with Crippen molar-refractivity contribution in [2.24, 2.45) is 0 Å². The maximum Gasteiger partial charge on any atom is 0.226 e. The van der Waals surface area contributed by atoms with Crippen molar-refractivity contribution >= 4 is 28.6 Å². The molecule has 9 nitrogen and oxygen atoms in total. The van der Waals surface area contributed by atoms with Gasteiger partial charge in [0.25, 0.3) is 0 Å². The Kier molecular flexibility index (Phi) is 5.89. The smallest absolute Gasteiger partial charge is 0.226 e. The average molecular weight is 508 g/mol. The Bertz CT molecular complexity index is 1330. The van der Waals surface area contributed by atoms with E-state index in [4.69, 9.17) is 16.3 Å². The van der Waals surface area contributed by atoms with Crippen LogP contribution < -0.4 is 4.90 Å². The number of benzene rings is 2. The molecule has 4 aromatic rings. The monoisotopic (exact) mass is 507 g/mol. The lowest BCUT2D eigenvalue weighted by Crippen LogP contribution is -2.33. The summed E-state index contributed by atoms with van der Waals surface area (Å²) in [5, 5.41) is 30.3. The molecule has 2 saturated heterocycles. The van der Waals surface area contributed by atoms with Gasteiger partial charge in [-0.05, 0) is 29.1 Å². The molecule has 3 N–H and O–H groups in total. The fourth-order valence-corrected chi connectivity index (χ4v) is 5.70. The minimum atomic E-state index is -1.26. The molecule has 2 aromatic carbocycles. The summed E-state index contributed by atoms with van der Waals surface area (Å²) in [6, 6.07) is 20.9. The van der Waals surface area contributed by atoms with Gasteiger partial charge in [0.1, 0.15) is 18.3 Å². The van der Waals surface area contributed by atoms with Gasteiger partial charge in [-0.1, -0.05) is 60.7 Å². The van der Waals surface area contributed by atoms with Crippen molar-refractivity contribution in [3.63, 3.8) is 0 Å². The molecule has 2 unspecified atom stereocenters. The largest absolute Gasteiger partial charge is 0.394 e. The molecule has 0 bridgehead atoms. The van der Waals surface area contributed by atoms with Gasteiger partial charge in [0, 0.05) is 18.5 Å². The van der Waals surface area contributed by atoms with Crippen LogP contribution in [0, 0.1) is 0 Å². The van der Waals surface area contributed by atoms with Crippen LogP contribution >= 0.6 is 11.6 Å². The highest BCUT2D eigenvalue weighted by molar-refractivity contribution is 6.28. The fourth-order valence-electron chi connectivity index (χ4n) is 5.54. The summed E-state index contributed by atoms with van der Waals surface area (Å²) in [5.41, 5.74) is 3.13. The molecule has 0 aliphatic carbocycles. The van der Waals surface area contributed by atoms with Crippen molar-refractivity contribution < 1.29 is 20.1 Å². The number of fused-ring (bicyclic) bond motifs is 1. The molecule has 36 heavy (non-hydrogen) atoms. The summed E-state index contributed by atoms with van der Waals surface area (Å²) >= 11 is 6.38. The highest BCUT2D eigenvalue weighted by atomic mass is 35.5. The second-order valence-corrected chi connectivity index (χ2v) is 9.69. The van der Waals surface area contributed by atoms with Crippen LogP contribution in [-0.2, 0) is 10.2 Å². The molecular formula is C26H26ClN5O4. The van der Waals surface area contributed by atoms with Gasteiger partial charge >= 0.3 is 0 Å². The first kappa shape index (κ1) is 23.3. The van der Waals surface area contributed by atoms with Gasteiger partial charge in [-0.3, -0.25) is 4.57 Å². The summed E-state index contributed by atoms with van der Waals surface area (Å²) < 4.78 is 7.23. The van der Waals surface area contributed by atoms with Crippen molar-refractivity contribution in [3.8, 4) is 0 Å². The third kappa shape index (κ3) is 3.66. The van der Waals surface area contributed by atoms with E-state index in [1.54, 1.807) is 0 Å². The predicted molar refractivity (Wildman–Crippen MR) is 134 cm³/mol. The van der Waals surface area contributed by atoms with E-state index in [0.717, 1.165) is 13.0 Å². The van der Waals surface area contributed by atoms with Crippen LogP contribution in [0.4, 0.5) is 5.82 Å². The number of aliphatic hydroxyl groups excluding tert-OH is 3. The van der Waals surface area contributed by atoms with Crippen molar-refractivity contribution in [1.82, 2.24) is 19.5 Å². The molecule has 2 aliphatic heterocycles. The lowest BCUT2D eigenvalue weighted by atomic mass is 9.74. The zero-order chi connectivity index (χ0) is 24.9. The number of aliphatic hydroxyl groups is 3. The molecule has 4 heterocycles. The molecule has 186 valence electrons. The number of nitrogens with zero attached hydrogens (tertiary/aromatic N) is 5. The predicted octanol–water partition coefficient (Wildman–Crippen LogP) is 2.29. The fraction of sp³-hybridized carbons (Fsp3) is 0.346. The number of rotatable bonds is 5. The Labute approximate surface area is 212 Å². The number of halogens is 1. The second kappa shape index (κ2) is 9.10. The summed E-state index contributed by atoms with van der Waals surface area (Å²) in [5.74, 6) is 0.601. The quantitative estimate of drug-likeness (QED) is 0.352. The maximum absolute atomic E-state index is 10.5. The molecule has 0 spiro atoms. The van der Waals surface area contributed by atoms with Gasteiger partial charge in [-0.25, -0.2) is 4.98 Å². The molecule has 0 saturated carbocycles. The van der Waals surface area contributed by atoms with E-state index in [0.29, 0.717) is 23.5 Å². The third-order valence-electron chi connectivity index (χ3n) is 7.39. The van der Waals surface area contributed by atoms with Crippen LogP contribution in [0.15, 0.2) is 67.0 Å². The van der Waals surface area contributed by atoms with Crippen LogP contribution in [0.1, 0.15) is 23.8 Å². The normalized spacial score (nSPS) is 25.6. The first-order chi connectivity index (χ1) is 17.5. The number of ether oxygens (including phenoxy) is 1. The van der Waals surface area contributed by atoms with E-state index in [1.165, 1.54) is 22.0 Å². The van der Waals surface area contributed by atoms with Crippen molar-refractivity contribution in [2.75, 3.05) is 24.6 Å². The minimum absolute atomic E-state index is 0.0444. The third-order valence-corrected chi connectivity index (χ3v) is 7.56. The van der Waals surface area contributed by atoms with Gasteiger partial charge in [0.05, 0.1) is 12.9 Å². The molecule has 4 atom stereocenters. The van der Waals surface area contributed by atoms with Gasteiger partial charge in [0.15, 0.2) is 23.2 Å². The minimum Gasteiger partial charge on any atom is -0.394 e. The molecule has 2 fully saturated rings. The number of imidazole rings is 1. The Morgan fingerprint density at radius 1 is 0.972 bits per heavy atom. The van der Waals surface area contributed by atoms with Crippen LogP contribution in [-0.4, -0.2) is 72.8 Å². The van der Waals surface area contributed by atoms with Crippen molar-refractivity contribution in [3.05, 3.63) is 83.4 Å². The van der Waals surface area contributed by atoms with Crippen molar-refractivity contribution in [1.29, 1.82) is 0 Å². The van der Waals surface area contributed by atoms with Gasteiger partial charge < -0.3 is 25.0 Å². The molecule has 6 rings (SSSR count). The Morgan fingerprint density at radius 2 is 1.64 bits per heavy atom. The zero-order valence-corrected chi connectivity index (χ0v) is 20.1. The van der Waals surface area contributed by atoms with Crippen molar-refractivity contribution in [2.45, 2.75) is 36.4 Å². The number of aromatic nitrogens is 4. The standard InChI is InChI=1S/C26H26ClN5O4/c27-25-29-22(19-23(30-25)32(15-28-19)24-21(35)20(34)18(13-33)36-24)31-12-11-26(14-31,16-7-3-1-4-8-16)17-9-5-2-6-10-17/h1-10,15,18,20-21,24,33-35H,11-14H2/t18-,20?,21?,24-/m1/s1. The lowest BCUT2D eigenvalue weighted by Gasteiger charge is -2.31. The van der Waals surface area contributed by atoms with Gasteiger partial charge in [-0.2, -0.15) is 9.97 Å². The maximum atomic E-state index is 10.5. The van der Waals surface area contributed by atoms with E-state index in [1.807, 2.05) is 12.1 Å². The molecule has 2 aromatic heterocycles. The second-order valence-electron chi connectivity index (χ2n) is 9.35. The summed E-state index contributed by atoms with van der Waals surface area (Å²) in [6.07, 6.45) is -1.99. The highest BCUT2D eigenvalue weighted by Crippen LogP contribution is 2.43. The molecule has 0 amide bonds. The van der Waals surface area contributed by atoms with E-state index in [9.17, 15) is 15.3 Å². The Balaban J connectivity index is 1.41. The molecule has 2 aliphatic rings. The summed E-state index contributed by atoms with van der Waals surface area (Å²) in [6.45, 7) is 0.980.